The molecule has 21 heavy (non-hydrogen) atoms. The number of pyridine rings is 1. The van der Waals surface area contributed by atoms with Crippen LogP contribution in [0.5, 0.6) is 0 Å². The summed E-state index contributed by atoms with van der Waals surface area (Å²) in [6, 6.07) is 6.06. The van der Waals surface area contributed by atoms with E-state index in [4.69, 9.17) is 9.26 Å². The minimum Gasteiger partial charge on any atom is -0.377 e. The van der Waals surface area contributed by atoms with Gasteiger partial charge in [-0.2, -0.15) is 0 Å². The first kappa shape index (κ1) is 14.2. The molecule has 0 unspecified atom stereocenters. The lowest BCUT2D eigenvalue weighted by atomic mass is 10.2. The van der Waals surface area contributed by atoms with Crippen LogP contribution in [0, 0.1) is 6.92 Å². The van der Waals surface area contributed by atoms with Crippen molar-refractivity contribution in [2.24, 2.45) is 0 Å². The summed E-state index contributed by atoms with van der Waals surface area (Å²) in [7, 11) is 0. The van der Waals surface area contributed by atoms with E-state index in [1.807, 2.05) is 25.3 Å². The highest BCUT2D eigenvalue weighted by molar-refractivity contribution is 5.09. The molecule has 0 spiro atoms. The van der Waals surface area contributed by atoms with Gasteiger partial charge in [-0.25, -0.2) is 0 Å². The second-order valence-electron chi connectivity index (χ2n) is 5.59. The van der Waals surface area contributed by atoms with Crippen molar-refractivity contribution in [2.45, 2.75) is 39.0 Å². The lowest BCUT2D eigenvalue weighted by molar-refractivity contribution is 0.0670. The standard InChI is InChI=1S/C16H21N3O2/c1-13-8-15(18-21-13)11-19(12-16-5-3-7-20-16)10-14-4-2-6-17-9-14/h2,4,6,8-9,16H,3,5,7,10-12H2,1H3/t16-/m0/s1. The Morgan fingerprint density at radius 1 is 1.38 bits per heavy atom. The Morgan fingerprint density at radius 2 is 2.33 bits per heavy atom. The number of nitrogens with zero attached hydrogens (tertiary/aromatic N) is 3. The van der Waals surface area contributed by atoms with Crippen molar-refractivity contribution in [3.63, 3.8) is 0 Å². The number of hydrogen-bond donors (Lipinski definition) is 0. The molecule has 0 aliphatic carbocycles. The molecule has 5 nitrogen and oxygen atoms in total. The molecule has 0 saturated carbocycles. The van der Waals surface area contributed by atoms with Gasteiger partial charge in [-0.3, -0.25) is 9.88 Å². The van der Waals surface area contributed by atoms with Gasteiger partial charge in [0.15, 0.2) is 0 Å². The Hall–Kier alpha value is -1.72. The van der Waals surface area contributed by atoms with Gasteiger partial charge in [-0.1, -0.05) is 11.2 Å². The van der Waals surface area contributed by atoms with E-state index in [9.17, 15) is 0 Å². The van der Waals surface area contributed by atoms with E-state index in [0.717, 1.165) is 50.5 Å². The fourth-order valence-electron chi connectivity index (χ4n) is 2.73. The van der Waals surface area contributed by atoms with Gasteiger partial charge < -0.3 is 9.26 Å². The van der Waals surface area contributed by atoms with Crippen LogP contribution in [0.3, 0.4) is 0 Å². The minimum absolute atomic E-state index is 0.328. The van der Waals surface area contributed by atoms with Gasteiger partial charge >= 0.3 is 0 Å². The molecule has 1 fully saturated rings. The van der Waals surface area contributed by atoms with E-state index in [1.165, 1.54) is 5.56 Å². The second kappa shape index (κ2) is 6.83. The summed E-state index contributed by atoms with van der Waals surface area (Å²) in [5, 5.41) is 4.10. The summed E-state index contributed by atoms with van der Waals surface area (Å²) in [5.41, 5.74) is 2.17. The number of ether oxygens (including phenoxy) is 1. The molecule has 0 N–H and O–H groups in total. The first-order valence-corrected chi connectivity index (χ1v) is 7.44. The van der Waals surface area contributed by atoms with Gasteiger partial charge in [0.05, 0.1) is 11.8 Å². The van der Waals surface area contributed by atoms with Gasteiger partial charge in [0.1, 0.15) is 5.76 Å². The number of rotatable bonds is 6. The first-order valence-electron chi connectivity index (χ1n) is 7.44. The third kappa shape index (κ3) is 4.12. The van der Waals surface area contributed by atoms with E-state index in [0.29, 0.717) is 6.10 Å². The smallest absolute Gasteiger partial charge is 0.133 e. The van der Waals surface area contributed by atoms with Crippen LogP contribution >= 0.6 is 0 Å². The van der Waals surface area contributed by atoms with Crippen LogP contribution in [0.25, 0.3) is 0 Å². The summed E-state index contributed by atoms with van der Waals surface area (Å²) < 4.78 is 10.9. The van der Waals surface area contributed by atoms with Crippen molar-refractivity contribution in [3.05, 3.63) is 47.6 Å². The monoisotopic (exact) mass is 287 g/mol. The quantitative estimate of drug-likeness (QED) is 0.817. The molecule has 1 atom stereocenters. The van der Waals surface area contributed by atoms with Crippen molar-refractivity contribution < 1.29 is 9.26 Å². The lowest BCUT2D eigenvalue weighted by Gasteiger charge is -2.24. The summed E-state index contributed by atoms with van der Waals surface area (Å²) in [5.74, 6) is 0.850. The molecule has 1 saturated heterocycles. The maximum Gasteiger partial charge on any atom is 0.133 e. The van der Waals surface area contributed by atoms with E-state index in [2.05, 4.69) is 21.1 Å². The maximum absolute atomic E-state index is 5.76. The number of hydrogen-bond acceptors (Lipinski definition) is 5. The molecule has 2 aromatic rings. The van der Waals surface area contributed by atoms with Crippen LogP contribution in [-0.2, 0) is 17.8 Å². The third-order valence-corrected chi connectivity index (χ3v) is 3.68. The fraction of sp³-hybridized carbons (Fsp3) is 0.500. The topological polar surface area (TPSA) is 51.4 Å². The number of aryl methyl sites for hydroxylation is 1. The van der Waals surface area contributed by atoms with Crippen molar-refractivity contribution in [3.8, 4) is 0 Å². The van der Waals surface area contributed by atoms with Gasteiger partial charge in [0.2, 0.25) is 0 Å². The molecule has 0 radical (unpaired) electrons. The Kier molecular flexibility index (Phi) is 4.62. The van der Waals surface area contributed by atoms with Crippen molar-refractivity contribution in [1.29, 1.82) is 0 Å². The Morgan fingerprint density at radius 3 is 3.00 bits per heavy atom. The van der Waals surface area contributed by atoms with E-state index < -0.39 is 0 Å². The van der Waals surface area contributed by atoms with Crippen molar-refractivity contribution >= 4 is 0 Å². The fourth-order valence-corrected chi connectivity index (χ4v) is 2.73. The molecule has 5 heteroatoms. The summed E-state index contributed by atoms with van der Waals surface area (Å²) in [4.78, 5) is 6.54. The summed E-state index contributed by atoms with van der Waals surface area (Å²) in [6.45, 7) is 5.34. The summed E-state index contributed by atoms with van der Waals surface area (Å²) in [6.07, 6.45) is 6.34. The number of aromatic nitrogens is 2. The molecule has 0 amide bonds. The van der Waals surface area contributed by atoms with E-state index >= 15 is 0 Å². The highest BCUT2D eigenvalue weighted by Crippen LogP contribution is 2.17. The molecular formula is C16H21N3O2. The first-order chi connectivity index (χ1) is 10.3. The summed E-state index contributed by atoms with van der Waals surface area (Å²) >= 11 is 0. The third-order valence-electron chi connectivity index (χ3n) is 3.68. The Bertz CT molecular complexity index is 550. The molecule has 2 aromatic heterocycles. The molecule has 112 valence electrons. The highest BCUT2D eigenvalue weighted by atomic mass is 16.5. The van der Waals surface area contributed by atoms with Crippen molar-refractivity contribution in [1.82, 2.24) is 15.0 Å². The molecule has 1 aliphatic rings. The lowest BCUT2D eigenvalue weighted by Crippen LogP contribution is -2.31. The Balaban J connectivity index is 1.67. The predicted molar refractivity (Wildman–Crippen MR) is 78.6 cm³/mol. The van der Waals surface area contributed by atoms with Gasteiger partial charge in [0.25, 0.3) is 0 Å². The average Bonchev–Trinajstić information content (AvgIpc) is 3.12. The zero-order valence-electron chi connectivity index (χ0n) is 12.4. The van der Waals surface area contributed by atoms with Gasteiger partial charge in [0, 0.05) is 44.7 Å². The van der Waals surface area contributed by atoms with Crippen LogP contribution in [0.4, 0.5) is 0 Å². The van der Waals surface area contributed by atoms with Crippen LogP contribution in [0.2, 0.25) is 0 Å². The largest absolute Gasteiger partial charge is 0.377 e. The zero-order valence-corrected chi connectivity index (χ0v) is 12.4. The molecule has 1 aliphatic heterocycles. The molecule has 3 rings (SSSR count). The molecular weight excluding hydrogens is 266 g/mol. The highest BCUT2D eigenvalue weighted by Gasteiger charge is 2.20. The van der Waals surface area contributed by atoms with E-state index in [-0.39, 0.29) is 0 Å². The second-order valence-corrected chi connectivity index (χ2v) is 5.59. The van der Waals surface area contributed by atoms with Crippen LogP contribution in [-0.4, -0.2) is 34.3 Å². The molecule has 0 bridgehead atoms. The predicted octanol–water partition coefficient (Wildman–Crippen LogP) is 2.56. The molecule has 3 heterocycles. The van der Waals surface area contributed by atoms with Gasteiger partial charge in [-0.15, -0.1) is 0 Å². The van der Waals surface area contributed by atoms with Crippen LogP contribution in [0.15, 0.2) is 35.1 Å². The minimum atomic E-state index is 0.328. The average molecular weight is 287 g/mol. The van der Waals surface area contributed by atoms with E-state index in [1.54, 1.807) is 6.20 Å². The van der Waals surface area contributed by atoms with Crippen LogP contribution in [0.1, 0.15) is 29.9 Å². The van der Waals surface area contributed by atoms with Crippen LogP contribution < -0.4 is 0 Å². The van der Waals surface area contributed by atoms with Crippen molar-refractivity contribution in [2.75, 3.05) is 13.2 Å². The molecule has 0 aromatic carbocycles. The van der Waals surface area contributed by atoms with Gasteiger partial charge in [-0.05, 0) is 31.4 Å². The zero-order chi connectivity index (χ0) is 14.5. The normalized spacial score (nSPS) is 18.5. The Labute approximate surface area is 124 Å². The SMILES string of the molecule is Cc1cc(CN(Cc2cccnc2)C[C@@H]2CCCO2)no1. The maximum atomic E-state index is 5.76.